The highest BCUT2D eigenvalue weighted by atomic mass is 35.5. The molecule has 2 aromatic carbocycles. The number of amides is 2. The average molecular weight is 452 g/mol. The molecule has 2 heterocycles. The molecule has 0 aliphatic heterocycles. The second-order valence-corrected chi connectivity index (χ2v) is 8.38. The number of carbonyl (C=O) groups excluding carboxylic acids is 2. The number of halogens is 1. The molecule has 2 aromatic heterocycles. The zero-order valence-electron chi connectivity index (χ0n) is 16.5. The van der Waals surface area contributed by atoms with Crippen molar-refractivity contribution in [2.75, 3.05) is 11.9 Å². The Bertz CT molecular complexity index is 1290. The summed E-state index contributed by atoms with van der Waals surface area (Å²) in [5, 5.41) is 4.44. The Morgan fingerprint density at radius 1 is 1.13 bits per heavy atom. The van der Waals surface area contributed by atoms with Gasteiger partial charge in [-0.3, -0.25) is 14.6 Å². The maximum atomic E-state index is 12.6. The van der Waals surface area contributed by atoms with Crippen molar-refractivity contribution in [3.05, 3.63) is 76.3 Å². The Balaban J connectivity index is 1.56. The Labute approximate surface area is 187 Å². The van der Waals surface area contributed by atoms with Crippen molar-refractivity contribution in [3.8, 4) is 16.9 Å². The van der Waals surface area contributed by atoms with E-state index in [0.717, 1.165) is 21.4 Å². The van der Waals surface area contributed by atoms with Gasteiger partial charge in [-0.05, 0) is 36.8 Å². The van der Waals surface area contributed by atoms with Gasteiger partial charge in [-0.15, -0.1) is 11.3 Å². The number of aromatic nitrogens is 1. The van der Waals surface area contributed by atoms with E-state index in [1.807, 2.05) is 43.3 Å². The molecule has 0 aliphatic carbocycles. The fraction of sp³-hybridized carbons (Fsp3) is 0.0870. The Kier molecular flexibility index (Phi) is 5.88. The summed E-state index contributed by atoms with van der Waals surface area (Å²) >= 11 is 7.50. The number of hydrogen-bond acceptors (Lipinski definition) is 5. The summed E-state index contributed by atoms with van der Waals surface area (Å²) in [7, 11) is 0. The highest BCUT2D eigenvalue weighted by Crippen LogP contribution is 2.39. The molecule has 0 atom stereocenters. The quantitative estimate of drug-likeness (QED) is 0.429. The molecule has 31 heavy (non-hydrogen) atoms. The van der Waals surface area contributed by atoms with E-state index in [4.69, 9.17) is 22.1 Å². The van der Waals surface area contributed by atoms with E-state index in [-0.39, 0.29) is 6.61 Å². The molecule has 0 spiro atoms. The van der Waals surface area contributed by atoms with E-state index in [1.54, 1.807) is 24.4 Å². The van der Waals surface area contributed by atoms with E-state index in [2.05, 4.69) is 10.3 Å². The van der Waals surface area contributed by atoms with Crippen molar-refractivity contribution in [2.45, 2.75) is 6.92 Å². The van der Waals surface area contributed by atoms with Gasteiger partial charge in [-0.1, -0.05) is 41.9 Å². The molecule has 8 heteroatoms. The maximum Gasteiger partial charge on any atom is 0.262 e. The molecule has 0 saturated heterocycles. The van der Waals surface area contributed by atoms with Crippen LogP contribution in [-0.2, 0) is 4.79 Å². The van der Waals surface area contributed by atoms with E-state index >= 15 is 0 Å². The molecule has 0 radical (unpaired) electrons. The fourth-order valence-corrected chi connectivity index (χ4v) is 4.67. The van der Waals surface area contributed by atoms with Crippen molar-refractivity contribution in [2.24, 2.45) is 5.73 Å². The fourth-order valence-electron chi connectivity index (χ4n) is 3.35. The number of carbonyl (C=O) groups is 2. The van der Waals surface area contributed by atoms with Crippen LogP contribution in [0.4, 0.5) is 5.00 Å². The molecule has 4 aromatic rings. The van der Waals surface area contributed by atoms with Crippen LogP contribution in [-0.4, -0.2) is 23.4 Å². The van der Waals surface area contributed by atoms with Crippen LogP contribution in [0.2, 0.25) is 5.02 Å². The second kappa shape index (κ2) is 8.75. The zero-order valence-corrected chi connectivity index (χ0v) is 18.1. The van der Waals surface area contributed by atoms with Crippen LogP contribution in [0.25, 0.3) is 22.0 Å². The van der Waals surface area contributed by atoms with Gasteiger partial charge in [0.2, 0.25) is 0 Å². The highest BCUT2D eigenvalue weighted by molar-refractivity contribution is 7.17. The van der Waals surface area contributed by atoms with Crippen LogP contribution >= 0.6 is 22.9 Å². The molecule has 6 nitrogen and oxygen atoms in total. The molecule has 0 aliphatic rings. The lowest BCUT2D eigenvalue weighted by molar-refractivity contribution is -0.118. The molecule has 156 valence electrons. The number of hydrogen-bond donors (Lipinski definition) is 2. The molecule has 0 fully saturated rings. The minimum atomic E-state index is -0.604. The average Bonchev–Trinajstić information content (AvgIpc) is 3.10. The molecular weight excluding hydrogens is 434 g/mol. The summed E-state index contributed by atoms with van der Waals surface area (Å²) in [6.45, 7) is 1.63. The van der Waals surface area contributed by atoms with E-state index in [9.17, 15) is 9.59 Å². The largest absolute Gasteiger partial charge is 0.481 e. The predicted molar refractivity (Wildman–Crippen MR) is 124 cm³/mol. The number of nitrogens with zero attached hydrogens (tertiary/aromatic N) is 1. The van der Waals surface area contributed by atoms with Gasteiger partial charge >= 0.3 is 0 Å². The molecule has 3 N–H and O–H groups in total. The summed E-state index contributed by atoms with van der Waals surface area (Å²) < 4.78 is 5.69. The lowest BCUT2D eigenvalue weighted by Crippen LogP contribution is -2.22. The number of rotatable bonds is 6. The van der Waals surface area contributed by atoms with Crippen molar-refractivity contribution in [1.29, 1.82) is 0 Å². The smallest absolute Gasteiger partial charge is 0.262 e. The number of thiophene rings is 1. The standard InChI is InChI=1S/C23H18ClN3O3S/c1-13-19(14-6-3-2-4-7-14)20(22(25)29)23(31-13)27-18(28)12-30-17-10-9-16(24)15-8-5-11-26-21(15)17/h2-11H,12H2,1H3,(H2,25,29)(H,27,28). The Hall–Kier alpha value is -3.42. The number of nitrogens with two attached hydrogens (primary N) is 1. The van der Waals surface area contributed by atoms with Crippen LogP contribution in [0, 0.1) is 6.92 Å². The van der Waals surface area contributed by atoms with Gasteiger partial charge in [0, 0.05) is 22.0 Å². The topological polar surface area (TPSA) is 94.3 Å². The molecule has 0 unspecified atom stereocenters. The van der Waals surface area contributed by atoms with Gasteiger partial charge in [-0.25, -0.2) is 0 Å². The zero-order chi connectivity index (χ0) is 22.0. The molecule has 4 rings (SSSR count). The lowest BCUT2D eigenvalue weighted by atomic mass is 10.0. The van der Waals surface area contributed by atoms with E-state index in [1.165, 1.54) is 11.3 Å². The third kappa shape index (κ3) is 4.23. The van der Waals surface area contributed by atoms with Gasteiger partial charge in [0.1, 0.15) is 16.3 Å². The van der Waals surface area contributed by atoms with Gasteiger partial charge in [-0.2, -0.15) is 0 Å². The first-order valence-electron chi connectivity index (χ1n) is 9.40. The number of nitrogens with one attached hydrogen (secondary N) is 1. The number of aryl methyl sites for hydroxylation is 1. The number of fused-ring (bicyclic) bond motifs is 1. The second-order valence-electron chi connectivity index (χ2n) is 6.75. The number of ether oxygens (including phenoxy) is 1. The minimum Gasteiger partial charge on any atom is -0.481 e. The van der Waals surface area contributed by atoms with Gasteiger partial charge < -0.3 is 15.8 Å². The summed E-state index contributed by atoms with van der Waals surface area (Å²) in [5.41, 5.74) is 8.09. The normalized spacial score (nSPS) is 10.8. The first kappa shape index (κ1) is 20.8. The van der Waals surface area contributed by atoms with Crippen molar-refractivity contribution in [1.82, 2.24) is 4.98 Å². The van der Waals surface area contributed by atoms with Crippen LogP contribution in [0.3, 0.4) is 0 Å². The Morgan fingerprint density at radius 3 is 2.65 bits per heavy atom. The minimum absolute atomic E-state index is 0.261. The number of anilines is 1. The first-order valence-corrected chi connectivity index (χ1v) is 10.6. The van der Waals surface area contributed by atoms with Crippen LogP contribution < -0.4 is 15.8 Å². The maximum absolute atomic E-state index is 12.6. The van der Waals surface area contributed by atoms with E-state index < -0.39 is 11.8 Å². The third-order valence-corrected chi connectivity index (χ3v) is 6.03. The van der Waals surface area contributed by atoms with Crippen LogP contribution in [0.5, 0.6) is 5.75 Å². The first-order chi connectivity index (χ1) is 15.0. The Morgan fingerprint density at radius 2 is 1.90 bits per heavy atom. The number of benzene rings is 2. The van der Waals surface area contributed by atoms with Gasteiger partial charge in [0.05, 0.1) is 10.6 Å². The van der Waals surface area contributed by atoms with Crippen molar-refractivity contribution in [3.63, 3.8) is 0 Å². The molecular formula is C23H18ClN3O3S. The number of pyridine rings is 1. The van der Waals surface area contributed by atoms with Crippen molar-refractivity contribution >= 4 is 50.7 Å². The van der Waals surface area contributed by atoms with Crippen molar-refractivity contribution < 1.29 is 14.3 Å². The van der Waals surface area contributed by atoms with Crippen LogP contribution in [0.15, 0.2) is 60.8 Å². The van der Waals surface area contributed by atoms with E-state index in [0.29, 0.717) is 26.9 Å². The van der Waals surface area contributed by atoms with Gasteiger partial charge in [0.15, 0.2) is 6.61 Å². The molecule has 0 bridgehead atoms. The SMILES string of the molecule is Cc1sc(NC(=O)COc2ccc(Cl)c3cccnc23)c(C(N)=O)c1-c1ccccc1. The summed E-state index contributed by atoms with van der Waals surface area (Å²) in [4.78, 5) is 30.0. The van der Waals surface area contributed by atoms with Gasteiger partial charge in [0.25, 0.3) is 11.8 Å². The molecule has 2 amide bonds. The van der Waals surface area contributed by atoms with Crippen LogP contribution in [0.1, 0.15) is 15.2 Å². The highest BCUT2D eigenvalue weighted by Gasteiger charge is 2.23. The third-order valence-electron chi connectivity index (χ3n) is 4.68. The summed E-state index contributed by atoms with van der Waals surface area (Å²) in [6, 6.07) is 16.4. The predicted octanol–water partition coefficient (Wildman–Crippen LogP) is 5.04. The molecule has 0 saturated carbocycles. The lowest BCUT2D eigenvalue weighted by Gasteiger charge is -2.10. The summed E-state index contributed by atoms with van der Waals surface area (Å²) in [6.07, 6.45) is 1.63. The monoisotopic (exact) mass is 451 g/mol. The summed E-state index contributed by atoms with van der Waals surface area (Å²) in [5.74, 6) is -0.577. The number of primary amides is 1.